The number of H-pyrrole nitrogens is 2. The first-order chi connectivity index (χ1) is 22.2. The van der Waals surface area contributed by atoms with Crippen molar-refractivity contribution >= 4 is 62.3 Å². The molecule has 2 unspecified atom stereocenters. The maximum atomic E-state index is 12.0. The van der Waals surface area contributed by atoms with Crippen molar-refractivity contribution in [1.29, 1.82) is 0 Å². The maximum absolute atomic E-state index is 12.0. The Morgan fingerprint density at radius 3 is 1.62 bits per heavy atom. The number of fused-ring (bicyclic) bond motifs is 8. The zero-order valence-electron chi connectivity index (χ0n) is 27.7. The second-order valence-corrected chi connectivity index (χ2v) is 12.2. The quantitative estimate of drug-likeness (QED) is 0.151. The SMILES string of the molecule is CC(=O)OC(C)c1c(C)c2cc3nc(cc4nc(cc5[nH]c(cc1[nH]2)c(C)c5C(C)O)C(C)=C4CCC(=O)O)C(CCC(=O)O)=C3C. The molecule has 0 spiro atoms. The number of carbonyl (C=O) groups is 3. The lowest BCUT2D eigenvalue weighted by molar-refractivity contribution is -0.145. The molecule has 11 heteroatoms. The van der Waals surface area contributed by atoms with Crippen LogP contribution in [0.2, 0.25) is 0 Å². The predicted molar refractivity (Wildman–Crippen MR) is 180 cm³/mol. The van der Waals surface area contributed by atoms with Gasteiger partial charge in [0, 0.05) is 53.0 Å². The van der Waals surface area contributed by atoms with Crippen molar-refractivity contribution in [2.24, 2.45) is 0 Å². The van der Waals surface area contributed by atoms with Crippen molar-refractivity contribution in [2.45, 2.75) is 86.4 Å². The largest absolute Gasteiger partial charge is 0.481 e. The number of nitrogens with zero attached hydrogens (tertiary/aromatic N) is 2. The van der Waals surface area contributed by atoms with E-state index in [1.165, 1.54) is 6.92 Å². The molecule has 0 saturated carbocycles. The van der Waals surface area contributed by atoms with Gasteiger partial charge in [0.2, 0.25) is 0 Å². The summed E-state index contributed by atoms with van der Waals surface area (Å²) >= 11 is 0. The molecule has 47 heavy (non-hydrogen) atoms. The van der Waals surface area contributed by atoms with E-state index in [1.54, 1.807) is 6.92 Å². The van der Waals surface area contributed by atoms with Gasteiger partial charge in [-0.05, 0) is 112 Å². The molecular weight excluding hydrogens is 600 g/mol. The number of carboxylic acids is 2. The minimum absolute atomic E-state index is 0.0901. The van der Waals surface area contributed by atoms with Gasteiger partial charge in [0.05, 0.1) is 28.9 Å². The van der Waals surface area contributed by atoms with E-state index in [4.69, 9.17) is 14.7 Å². The number of aliphatic hydroxyl groups is 1. The van der Waals surface area contributed by atoms with Gasteiger partial charge in [0.15, 0.2) is 0 Å². The Labute approximate surface area is 272 Å². The molecule has 3 aromatic rings. The van der Waals surface area contributed by atoms with Crippen LogP contribution in [0.1, 0.15) is 118 Å². The Kier molecular flexibility index (Phi) is 9.22. The third-order valence-electron chi connectivity index (χ3n) is 8.98. The highest BCUT2D eigenvalue weighted by Crippen LogP contribution is 2.39. The van der Waals surface area contributed by atoms with E-state index >= 15 is 0 Å². The van der Waals surface area contributed by atoms with Crippen LogP contribution in [0.5, 0.6) is 0 Å². The standard InChI is InChI=1S/C36H40N4O7/c1-16-23(8-10-33(43)44)29-15-30-24(9-11-34(45)46)17(2)26(38-30)13-31-35(20(5)41)18(3)28(39-31)14-32-36(21(6)47-22(7)42)19(4)27(40-32)12-25(16)37-29/h12-15,20-21,39-41H,8-11H2,1-7H3,(H,43,44)(H,45,46). The molecule has 2 atom stereocenters. The number of ether oxygens (including phenoxy) is 1. The molecule has 0 saturated heterocycles. The summed E-state index contributed by atoms with van der Waals surface area (Å²) in [6.45, 7) is 12.5. The number of hydrogen-bond donors (Lipinski definition) is 5. The molecule has 246 valence electrons. The van der Waals surface area contributed by atoms with Gasteiger partial charge in [-0.15, -0.1) is 0 Å². The van der Waals surface area contributed by atoms with Gasteiger partial charge in [0.1, 0.15) is 6.10 Å². The maximum Gasteiger partial charge on any atom is 0.303 e. The molecule has 3 aromatic heterocycles. The molecule has 0 radical (unpaired) electrons. The number of aliphatic hydroxyl groups excluding tert-OH is 1. The van der Waals surface area contributed by atoms with Crippen molar-refractivity contribution in [2.75, 3.05) is 0 Å². The van der Waals surface area contributed by atoms with Crippen molar-refractivity contribution < 1.29 is 34.4 Å². The van der Waals surface area contributed by atoms with E-state index in [-0.39, 0.29) is 25.7 Å². The monoisotopic (exact) mass is 640 g/mol. The fourth-order valence-corrected chi connectivity index (χ4v) is 6.61. The molecule has 2 aliphatic heterocycles. The summed E-state index contributed by atoms with van der Waals surface area (Å²) in [6.07, 6.45) is -1.07. The fourth-order valence-electron chi connectivity index (χ4n) is 6.61. The Balaban J connectivity index is 1.95. The summed E-state index contributed by atoms with van der Waals surface area (Å²) in [5.41, 5.74) is 11.6. The van der Waals surface area contributed by atoms with Crippen molar-refractivity contribution in [3.05, 3.63) is 69.3 Å². The van der Waals surface area contributed by atoms with Crippen molar-refractivity contribution in [3.63, 3.8) is 0 Å². The highest BCUT2D eigenvalue weighted by molar-refractivity contribution is 5.96. The summed E-state index contributed by atoms with van der Waals surface area (Å²) in [7, 11) is 0. The molecule has 5 N–H and O–H groups in total. The zero-order valence-corrected chi connectivity index (χ0v) is 27.7. The van der Waals surface area contributed by atoms with Crippen LogP contribution in [0.25, 0.3) is 44.4 Å². The smallest absolute Gasteiger partial charge is 0.303 e. The van der Waals surface area contributed by atoms with E-state index in [2.05, 4.69) is 9.97 Å². The van der Waals surface area contributed by atoms with Crippen LogP contribution in [-0.4, -0.2) is 53.2 Å². The molecule has 5 heterocycles. The Morgan fingerprint density at radius 1 is 0.702 bits per heavy atom. The summed E-state index contributed by atoms with van der Waals surface area (Å²) in [6, 6.07) is 7.51. The lowest BCUT2D eigenvalue weighted by Crippen LogP contribution is -2.05. The number of carbonyl (C=O) groups excluding carboxylic acids is 1. The molecular formula is C36H40N4O7. The van der Waals surface area contributed by atoms with E-state index in [1.807, 2.05) is 58.9 Å². The summed E-state index contributed by atoms with van der Waals surface area (Å²) in [5.74, 6) is -2.27. The second kappa shape index (κ2) is 13.0. The van der Waals surface area contributed by atoms with E-state index in [0.29, 0.717) is 39.4 Å². The van der Waals surface area contributed by atoms with Gasteiger partial charge in [-0.25, -0.2) is 9.97 Å². The van der Waals surface area contributed by atoms with E-state index in [0.717, 1.165) is 50.0 Å². The third kappa shape index (κ3) is 6.62. The van der Waals surface area contributed by atoms with Gasteiger partial charge in [-0.2, -0.15) is 0 Å². The summed E-state index contributed by atoms with van der Waals surface area (Å²) in [5, 5.41) is 29.9. The van der Waals surface area contributed by atoms with Crippen LogP contribution in [0, 0.1) is 13.8 Å². The number of nitrogens with one attached hydrogen (secondary N) is 2. The second-order valence-electron chi connectivity index (χ2n) is 12.2. The van der Waals surface area contributed by atoms with Gasteiger partial charge < -0.3 is 30.0 Å². The number of aromatic nitrogens is 4. The van der Waals surface area contributed by atoms with Crippen LogP contribution >= 0.6 is 0 Å². The lowest BCUT2D eigenvalue weighted by atomic mass is 9.98. The van der Waals surface area contributed by atoms with E-state index in [9.17, 15) is 29.7 Å². The summed E-state index contributed by atoms with van der Waals surface area (Å²) < 4.78 is 5.63. The lowest BCUT2D eigenvalue weighted by Gasteiger charge is -2.12. The topological polar surface area (TPSA) is 178 Å². The van der Waals surface area contributed by atoms with Crippen LogP contribution in [-0.2, 0) is 19.1 Å². The van der Waals surface area contributed by atoms with Gasteiger partial charge >= 0.3 is 17.9 Å². The number of aryl methyl sites for hydroxylation is 2. The van der Waals surface area contributed by atoms with Crippen LogP contribution in [0.3, 0.4) is 0 Å². The van der Waals surface area contributed by atoms with Crippen LogP contribution in [0.4, 0.5) is 0 Å². The third-order valence-corrected chi connectivity index (χ3v) is 8.98. The van der Waals surface area contributed by atoms with Gasteiger partial charge in [-0.3, -0.25) is 14.4 Å². The van der Waals surface area contributed by atoms with E-state index < -0.39 is 30.1 Å². The molecule has 8 bridgehead atoms. The number of aliphatic carboxylic acids is 2. The highest BCUT2D eigenvalue weighted by Gasteiger charge is 2.24. The first kappa shape index (κ1) is 33.3. The molecule has 0 aliphatic carbocycles. The van der Waals surface area contributed by atoms with Crippen LogP contribution in [0.15, 0.2) is 24.3 Å². The Hall–Kier alpha value is -5.03. The number of rotatable bonds is 9. The minimum Gasteiger partial charge on any atom is -0.481 e. The Morgan fingerprint density at radius 2 is 1.15 bits per heavy atom. The number of allylic oxidation sites excluding steroid dienone is 4. The Bertz CT molecular complexity index is 2040. The van der Waals surface area contributed by atoms with Gasteiger partial charge in [-0.1, -0.05) is 0 Å². The van der Waals surface area contributed by atoms with Crippen molar-refractivity contribution in [1.82, 2.24) is 19.9 Å². The predicted octanol–water partition coefficient (Wildman–Crippen LogP) is 7.20. The average Bonchev–Trinajstić information content (AvgIpc) is 3.63. The van der Waals surface area contributed by atoms with Gasteiger partial charge in [0.25, 0.3) is 0 Å². The molecule has 11 nitrogen and oxygen atoms in total. The normalized spacial score (nSPS) is 14.4. The zero-order chi connectivity index (χ0) is 34.3. The number of hydrogen-bond acceptors (Lipinski definition) is 7. The molecule has 0 amide bonds. The molecule has 5 rings (SSSR count). The fraction of sp³-hybridized carbons (Fsp3) is 0.361. The number of carboxylic acid groups (broad SMARTS) is 2. The highest BCUT2D eigenvalue weighted by atomic mass is 16.5. The number of esters is 1. The number of aromatic amines is 2. The first-order valence-corrected chi connectivity index (χ1v) is 15.6. The first-order valence-electron chi connectivity index (χ1n) is 15.6. The molecule has 0 aromatic carbocycles. The molecule has 2 aliphatic rings. The molecule has 0 fully saturated rings. The summed E-state index contributed by atoms with van der Waals surface area (Å²) in [4.78, 5) is 52.0. The van der Waals surface area contributed by atoms with Crippen molar-refractivity contribution in [3.8, 4) is 0 Å². The minimum atomic E-state index is -0.930. The van der Waals surface area contributed by atoms with Crippen LogP contribution < -0.4 is 0 Å². The average molecular weight is 641 g/mol.